The molecule has 0 radical (unpaired) electrons. The molecule has 2 unspecified atom stereocenters. The Morgan fingerprint density at radius 1 is 1.15 bits per heavy atom. The smallest absolute Gasteiger partial charge is 0.340 e. The van der Waals surface area contributed by atoms with Gasteiger partial charge in [0.15, 0.2) is 11.7 Å². The van der Waals surface area contributed by atoms with Crippen LogP contribution in [0.3, 0.4) is 0 Å². The number of rotatable bonds is 4. The largest absolute Gasteiger partial charge is 0.469 e. The highest BCUT2D eigenvalue weighted by Crippen LogP contribution is 2.83. The fourth-order valence-corrected chi connectivity index (χ4v) is 8.59. The first-order valence-electron chi connectivity index (χ1n) is 11.7. The maximum Gasteiger partial charge on any atom is 0.340 e. The summed E-state index contributed by atoms with van der Waals surface area (Å²) < 4.78 is 35.0. The highest BCUT2D eigenvalue weighted by Gasteiger charge is 2.98. The molecule has 10 nitrogen and oxygen atoms in total. The van der Waals surface area contributed by atoms with Gasteiger partial charge in [-0.1, -0.05) is 27.7 Å². The average molecular weight is 481 g/mol. The number of methoxy groups -OCH3 is 2. The van der Waals surface area contributed by atoms with Crippen molar-refractivity contribution in [2.24, 2.45) is 34.0 Å². The van der Waals surface area contributed by atoms with Crippen LogP contribution in [-0.4, -0.2) is 68.3 Å². The average Bonchev–Trinajstić information content (AvgIpc) is 3.41. The zero-order valence-electron chi connectivity index (χ0n) is 20.5. The highest BCUT2D eigenvalue weighted by molar-refractivity contribution is 5.90. The third kappa shape index (κ3) is 2.25. The van der Waals surface area contributed by atoms with Crippen molar-refractivity contribution in [3.05, 3.63) is 0 Å². The van der Waals surface area contributed by atoms with Gasteiger partial charge in [-0.05, 0) is 18.3 Å². The van der Waals surface area contributed by atoms with Gasteiger partial charge in [0, 0.05) is 25.9 Å². The lowest BCUT2D eigenvalue weighted by atomic mass is 9.52. The topological polar surface area (TPSA) is 124 Å². The standard InChI is InChI=1S/C24H32O10/c1-10(17(26)30-7)12-8-9-22-15-13(31-11(2)25)14(21(3,4)5)23(22)16(29-6)18(27)33-20(23)34-24(12,22)19(28)32-15/h10,12-16,20H,8-9H2,1-7H3/t10?,12-,13-,14+,15-,16+,20?,22-,23+,24-/m1/s1. The highest BCUT2D eigenvalue weighted by atomic mass is 16.8. The summed E-state index contributed by atoms with van der Waals surface area (Å²) in [4.78, 5) is 51.7. The van der Waals surface area contributed by atoms with Crippen molar-refractivity contribution in [2.75, 3.05) is 14.2 Å². The lowest BCUT2D eigenvalue weighted by Crippen LogP contribution is -2.60. The van der Waals surface area contributed by atoms with Gasteiger partial charge >= 0.3 is 23.9 Å². The van der Waals surface area contributed by atoms with Crippen LogP contribution >= 0.6 is 0 Å². The third-order valence-corrected chi connectivity index (χ3v) is 9.17. The molecule has 3 heterocycles. The summed E-state index contributed by atoms with van der Waals surface area (Å²) in [6.07, 6.45) is -3.02. The van der Waals surface area contributed by atoms with Crippen molar-refractivity contribution >= 4 is 23.9 Å². The van der Waals surface area contributed by atoms with Gasteiger partial charge in [-0.15, -0.1) is 0 Å². The van der Waals surface area contributed by atoms with Gasteiger partial charge in [-0.25, -0.2) is 9.59 Å². The summed E-state index contributed by atoms with van der Waals surface area (Å²) in [5.41, 5.74) is -4.36. The fraction of sp³-hybridized carbons (Fsp3) is 0.833. The van der Waals surface area contributed by atoms with Gasteiger partial charge in [0.05, 0.1) is 23.9 Å². The molecule has 0 N–H and O–H groups in total. The molecule has 188 valence electrons. The van der Waals surface area contributed by atoms with Gasteiger partial charge in [0.25, 0.3) is 0 Å². The molecule has 0 aromatic carbocycles. The number of carbonyl (C=O) groups is 4. The second-order valence-corrected chi connectivity index (χ2v) is 11.3. The van der Waals surface area contributed by atoms with Crippen LogP contribution in [0.4, 0.5) is 0 Å². The molecule has 10 heteroatoms. The zero-order valence-corrected chi connectivity index (χ0v) is 20.5. The van der Waals surface area contributed by atoms with Gasteiger partial charge in [-0.2, -0.15) is 0 Å². The number of carbonyl (C=O) groups excluding carboxylic acids is 4. The maximum atomic E-state index is 13.7. The van der Waals surface area contributed by atoms with Crippen LogP contribution in [0, 0.1) is 34.0 Å². The van der Waals surface area contributed by atoms with E-state index >= 15 is 0 Å². The minimum Gasteiger partial charge on any atom is -0.469 e. The van der Waals surface area contributed by atoms with Crippen LogP contribution in [0.5, 0.6) is 0 Å². The van der Waals surface area contributed by atoms with Gasteiger partial charge in [0.2, 0.25) is 6.29 Å². The number of esters is 4. The van der Waals surface area contributed by atoms with Crippen molar-refractivity contribution < 1.29 is 47.6 Å². The second-order valence-electron chi connectivity index (χ2n) is 11.3. The van der Waals surface area contributed by atoms with E-state index in [1.807, 2.05) is 20.8 Å². The quantitative estimate of drug-likeness (QED) is 0.430. The van der Waals surface area contributed by atoms with Crippen molar-refractivity contribution in [3.63, 3.8) is 0 Å². The molecular formula is C24H32O10. The Bertz CT molecular complexity index is 969. The summed E-state index contributed by atoms with van der Waals surface area (Å²) in [5.74, 6) is -3.95. The summed E-state index contributed by atoms with van der Waals surface area (Å²) >= 11 is 0. The van der Waals surface area contributed by atoms with Gasteiger partial charge < -0.3 is 28.4 Å². The molecule has 0 aromatic rings. The Balaban J connectivity index is 1.81. The van der Waals surface area contributed by atoms with E-state index in [2.05, 4.69) is 0 Å². The fourth-order valence-electron chi connectivity index (χ4n) is 8.59. The van der Waals surface area contributed by atoms with E-state index < -0.39 is 88.1 Å². The Labute approximate surface area is 197 Å². The molecule has 2 saturated carbocycles. The van der Waals surface area contributed by atoms with Crippen LogP contribution in [0.1, 0.15) is 47.5 Å². The first kappa shape index (κ1) is 23.5. The van der Waals surface area contributed by atoms with Crippen LogP contribution in [-0.2, 0) is 47.6 Å². The van der Waals surface area contributed by atoms with Crippen molar-refractivity contribution in [2.45, 2.75) is 77.7 Å². The molecule has 5 rings (SSSR count). The normalized spacial score (nSPS) is 46.9. The SMILES string of the molecule is COC(=O)C(C)[C@H]1CC[C@]23[C@@H]4OC(=O)[C@]12OC1OC(=O)[C@H](OC)[C@@]13[C@H](C(C)(C)C)[C@H]4OC(C)=O. The number of hydrogen-bond acceptors (Lipinski definition) is 10. The lowest BCUT2D eigenvalue weighted by molar-refractivity contribution is -0.208. The lowest BCUT2D eigenvalue weighted by Gasteiger charge is -2.47. The molecule has 0 amide bonds. The second kappa shape index (κ2) is 6.94. The van der Waals surface area contributed by atoms with Crippen LogP contribution in [0.25, 0.3) is 0 Å². The van der Waals surface area contributed by atoms with Crippen LogP contribution in [0.2, 0.25) is 0 Å². The van der Waals surface area contributed by atoms with E-state index in [0.717, 1.165) is 0 Å². The third-order valence-electron chi connectivity index (χ3n) is 9.17. The Morgan fingerprint density at radius 2 is 1.82 bits per heavy atom. The molecule has 0 aromatic heterocycles. The van der Waals surface area contributed by atoms with E-state index in [9.17, 15) is 19.2 Å². The first-order valence-corrected chi connectivity index (χ1v) is 11.7. The molecule has 3 saturated heterocycles. The van der Waals surface area contributed by atoms with Gasteiger partial charge in [-0.3, -0.25) is 9.59 Å². The molecule has 5 fully saturated rings. The molecule has 2 aliphatic carbocycles. The van der Waals surface area contributed by atoms with Crippen LogP contribution in [0.15, 0.2) is 0 Å². The Kier molecular flexibility index (Phi) is 4.80. The van der Waals surface area contributed by atoms with Gasteiger partial charge in [0.1, 0.15) is 12.2 Å². The van der Waals surface area contributed by atoms with E-state index in [0.29, 0.717) is 12.8 Å². The summed E-state index contributed by atoms with van der Waals surface area (Å²) in [5, 5.41) is 0. The van der Waals surface area contributed by atoms with Crippen molar-refractivity contribution in [3.8, 4) is 0 Å². The molecule has 2 spiro atoms. The van der Waals surface area contributed by atoms with Crippen LogP contribution < -0.4 is 0 Å². The summed E-state index contributed by atoms with van der Waals surface area (Å²) in [6.45, 7) is 8.96. The first-order chi connectivity index (χ1) is 15.9. The monoisotopic (exact) mass is 480 g/mol. The zero-order chi connectivity index (χ0) is 25.0. The molecular weight excluding hydrogens is 448 g/mol. The summed E-state index contributed by atoms with van der Waals surface area (Å²) in [6, 6.07) is 0. The molecule has 3 aliphatic heterocycles. The van der Waals surface area contributed by atoms with E-state index in [4.69, 9.17) is 28.4 Å². The number of hydrogen-bond donors (Lipinski definition) is 0. The Morgan fingerprint density at radius 3 is 2.38 bits per heavy atom. The van der Waals surface area contributed by atoms with E-state index in [1.165, 1.54) is 21.1 Å². The Hall–Kier alpha value is -2.20. The predicted octanol–water partition coefficient (Wildman–Crippen LogP) is 1.38. The maximum absolute atomic E-state index is 13.7. The molecule has 10 atom stereocenters. The van der Waals surface area contributed by atoms with Crippen molar-refractivity contribution in [1.82, 2.24) is 0 Å². The minimum atomic E-state index is -1.56. The number of ether oxygens (including phenoxy) is 6. The predicted molar refractivity (Wildman–Crippen MR) is 112 cm³/mol. The van der Waals surface area contributed by atoms with E-state index in [-0.39, 0.29) is 0 Å². The van der Waals surface area contributed by atoms with Crippen molar-refractivity contribution in [1.29, 1.82) is 0 Å². The summed E-state index contributed by atoms with van der Waals surface area (Å²) in [7, 11) is 2.72. The van der Waals surface area contributed by atoms with E-state index in [1.54, 1.807) is 6.92 Å². The molecule has 5 aliphatic rings. The molecule has 34 heavy (non-hydrogen) atoms. The minimum absolute atomic E-state index is 0.409. The molecule has 0 bridgehead atoms.